The molecule has 1 atom stereocenters. The normalized spacial score (nSPS) is 18.2. The number of aromatic nitrogens is 4. The SMILES string of the molecule is Cc1cnn(CC2CN(C(=O)c3cn4ccccc4n3)CCO2)c1. The summed E-state index contributed by atoms with van der Waals surface area (Å²) in [6, 6.07) is 5.71. The second-order valence-electron chi connectivity index (χ2n) is 6.08. The number of hydrogen-bond acceptors (Lipinski definition) is 4. The highest BCUT2D eigenvalue weighted by Gasteiger charge is 2.26. The number of aryl methyl sites for hydroxylation is 1. The lowest BCUT2D eigenvalue weighted by Crippen LogP contribution is -2.47. The van der Waals surface area contributed by atoms with Crippen molar-refractivity contribution in [2.75, 3.05) is 19.7 Å². The Balaban J connectivity index is 1.47. The minimum Gasteiger partial charge on any atom is -0.373 e. The van der Waals surface area contributed by atoms with Crippen LogP contribution in [-0.2, 0) is 11.3 Å². The molecule has 4 rings (SSSR count). The monoisotopic (exact) mass is 325 g/mol. The molecule has 1 unspecified atom stereocenters. The van der Waals surface area contributed by atoms with Crippen LogP contribution in [-0.4, -0.2) is 55.8 Å². The van der Waals surface area contributed by atoms with Crippen LogP contribution in [0.25, 0.3) is 5.65 Å². The number of carbonyl (C=O) groups excluding carboxylic acids is 1. The first kappa shape index (κ1) is 14.9. The molecule has 3 aromatic rings. The molecule has 7 heteroatoms. The van der Waals surface area contributed by atoms with Crippen LogP contribution in [0.5, 0.6) is 0 Å². The molecule has 0 aromatic carbocycles. The van der Waals surface area contributed by atoms with Gasteiger partial charge in [0.15, 0.2) is 0 Å². The van der Waals surface area contributed by atoms with Crippen molar-refractivity contribution in [3.8, 4) is 0 Å². The third kappa shape index (κ3) is 2.90. The van der Waals surface area contributed by atoms with Gasteiger partial charge in [0.05, 0.1) is 25.5 Å². The summed E-state index contributed by atoms with van der Waals surface area (Å²) in [5.41, 5.74) is 2.36. The summed E-state index contributed by atoms with van der Waals surface area (Å²) in [5, 5.41) is 4.28. The van der Waals surface area contributed by atoms with E-state index in [1.807, 2.05) is 57.7 Å². The number of amides is 1. The topological polar surface area (TPSA) is 64.7 Å². The number of rotatable bonds is 3. The van der Waals surface area contributed by atoms with Crippen molar-refractivity contribution in [1.29, 1.82) is 0 Å². The van der Waals surface area contributed by atoms with Crippen LogP contribution in [0.1, 0.15) is 16.1 Å². The van der Waals surface area contributed by atoms with E-state index in [2.05, 4.69) is 10.1 Å². The summed E-state index contributed by atoms with van der Waals surface area (Å²) in [6.07, 6.45) is 7.41. The zero-order valence-corrected chi connectivity index (χ0v) is 13.5. The molecule has 0 saturated carbocycles. The molecule has 0 N–H and O–H groups in total. The van der Waals surface area contributed by atoms with E-state index >= 15 is 0 Å². The minimum absolute atomic E-state index is 0.0522. The van der Waals surface area contributed by atoms with E-state index < -0.39 is 0 Å². The maximum Gasteiger partial charge on any atom is 0.274 e. The first-order valence-electron chi connectivity index (χ1n) is 8.03. The lowest BCUT2D eigenvalue weighted by molar-refractivity contribution is -0.0301. The molecular formula is C17H19N5O2. The molecule has 3 aromatic heterocycles. The van der Waals surface area contributed by atoms with Gasteiger partial charge in [-0.1, -0.05) is 6.07 Å². The zero-order valence-electron chi connectivity index (χ0n) is 13.5. The van der Waals surface area contributed by atoms with Crippen molar-refractivity contribution in [3.63, 3.8) is 0 Å². The molecule has 1 aliphatic heterocycles. The van der Waals surface area contributed by atoms with Crippen molar-refractivity contribution in [1.82, 2.24) is 24.1 Å². The summed E-state index contributed by atoms with van der Waals surface area (Å²) < 4.78 is 9.50. The molecule has 124 valence electrons. The quantitative estimate of drug-likeness (QED) is 0.730. The number of fused-ring (bicyclic) bond motifs is 1. The molecule has 7 nitrogen and oxygen atoms in total. The Morgan fingerprint density at radius 3 is 3.08 bits per heavy atom. The van der Waals surface area contributed by atoms with E-state index in [4.69, 9.17) is 4.74 Å². The second-order valence-corrected chi connectivity index (χ2v) is 6.08. The average molecular weight is 325 g/mol. The Morgan fingerprint density at radius 1 is 1.38 bits per heavy atom. The first-order valence-corrected chi connectivity index (χ1v) is 8.03. The smallest absolute Gasteiger partial charge is 0.274 e. The van der Waals surface area contributed by atoms with Crippen molar-refractivity contribution in [2.45, 2.75) is 19.6 Å². The van der Waals surface area contributed by atoms with Gasteiger partial charge >= 0.3 is 0 Å². The average Bonchev–Trinajstić information content (AvgIpc) is 3.20. The van der Waals surface area contributed by atoms with Crippen molar-refractivity contribution >= 4 is 11.6 Å². The highest BCUT2D eigenvalue weighted by atomic mass is 16.5. The van der Waals surface area contributed by atoms with E-state index in [9.17, 15) is 4.79 Å². The van der Waals surface area contributed by atoms with Crippen molar-refractivity contribution < 1.29 is 9.53 Å². The summed E-state index contributed by atoms with van der Waals surface area (Å²) in [5.74, 6) is -0.0522. The summed E-state index contributed by atoms with van der Waals surface area (Å²) in [6.45, 7) is 4.31. The fourth-order valence-electron chi connectivity index (χ4n) is 2.99. The standard InChI is InChI=1S/C17H19N5O2/c1-13-8-18-22(9-13)11-14-10-21(6-7-24-14)17(23)15-12-20-5-3-2-4-16(20)19-15/h2-5,8-9,12,14H,6-7,10-11H2,1H3. The van der Waals surface area contributed by atoms with Gasteiger partial charge < -0.3 is 14.0 Å². The molecular weight excluding hydrogens is 306 g/mol. The molecule has 0 aliphatic carbocycles. The maximum absolute atomic E-state index is 12.7. The zero-order chi connectivity index (χ0) is 16.5. The lowest BCUT2D eigenvalue weighted by atomic mass is 10.2. The van der Waals surface area contributed by atoms with Gasteiger partial charge in [-0.15, -0.1) is 0 Å². The predicted molar refractivity (Wildman–Crippen MR) is 87.8 cm³/mol. The number of ether oxygens (including phenoxy) is 1. The Kier molecular flexibility index (Phi) is 3.78. The molecule has 0 spiro atoms. The van der Waals surface area contributed by atoms with Crippen molar-refractivity contribution in [2.24, 2.45) is 0 Å². The molecule has 1 amide bonds. The minimum atomic E-state index is -0.0565. The Morgan fingerprint density at radius 2 is 2.29 bits per heavy atom. The van der Waals surface area contributed by atoms with Crippen LogP contribution < -0.4 is 0 Å². The number of nitrogens with zero attached hydrogens (tertiary/aromatic N) is 5. The van der Waals surface area contributed by atoms with Gasteiger partial charge in [-0.05, 0) is 24.6 Å². The number of imidazole rings is 1. The van der Waals surface area contributed by atoms with Gasteiger partial charge in [-0.25, -0.2) is 4.98 Å². The first-order chi connectivity index (χ1) is 11.7. The van der Waals surface area contributed by atoms with E-state index in [0.29, 0.717) is 31.9 Å². The van der Waals surface area contributed by atoms with Crippen LogP contribution in [0.3, 0.4) is 0 Å². The van der Waals surface area contributed by atoms with Crippen molar-refractivity contribution in [3.05, 3.63) is 54.2 Å². The maximum atomic E-state index is 12.7. The summed E-state index contributed by atoms with van der Waals surface area (Å²) in [4.78, 5) is 19.0. The lowest BCUT2D eigenvalue weighted by Gasteiger charge is -2.32. The highest BCUT2D eigenvalue weighted by Crippen LogP contribution is 2.13. The Bertz CT molecular complexity index is 836. The Hall–Kier alpha value is -2.67. The molecule has 1 aliphatic rings. The van der Waals surface area contributed by atoms with Crippen LogP contribution in [0, 0.1) is 6.92 Å². The Labute approximate surface area is 139 Å². The van der Waals surface area contributed by atoms with E-state index in [0.717, 1.165) is 11.2 Å². The largest absolute Gasteiger partial charge is 0.373 e. The fourth-order valence-corrected chi connectivity index (χ4v) is 2.99. The van der Waals surface area contributed by atoms with Gasteiger partial charge in [0, 0.05) is 31.7 Å². The van der Waals surface area contributed by atoms with Crippen LogP contribution >= 0.6 is 0 Å². The van der Waals surface area contributed by atoms with E-state index in [1.54, 1.807) is 6.20 Å². The number of morpholine rings is 1. The van der Waals surface area contributed by atoms with Gasteiger partial charge in [-0.3, -0.25) is 9.48 Å². The fraction of sp³-hybridized carbons (Fsp3) is 0.353. The third-order valence-corrected chi connectivity index (χ3v) is 4.16. The second kappa shape index (κ2) is 6.09. The van der Waals surface area contributed by atoms with Gasteiger partial charge in [0.1, 0.15) is 11.3 Å². The molecule has 1 fully saturated rings. The molecule has 0 radical (unpaired) electrons. The summed E-state index contributed by atoms with van der Waals surface area (Å²) >= 11 is 0. The number of carbonyl (C=O) groups is 1. The van der Waals surface area contributed by atoms with Crippen LogP contribution in [0.15, 0.2) is 43.0 Å². The summed E-state index contributed by atoms with van der Waals surface area (Å²) in [7, 11) is 0. The van der Waals surface area contributed by atoms with Crippen LogP contribution in [0.2, 0.25) is 0 Å². The van der Waals surface area contributed by atoms with Crippen LogP contribution in [0.4, 0.5) is 0 Å². The van der Waals surface area contributed by atoms with E-state index in [-0.39, 0.29) is 12.0 Å². The molecule has 0 bridgehead atoms. The molecule has 1 saturated heterocycles. The van der Waals surface area contributed by atoms with Gasteiger partial charge in [0.25, 0.3) is 5.91 Å². The predicted octanol–water partition coefficient (Wildman–Crippen LogP) is 1.38. The number of hydrogen-bond donors (Lipinski definition) is 0. The van der Waals surface area contributed by atoms with Gasteiger partial charge in [0.2, 0.25) is 0 Å². The van der Waals surface area contributed by atoms with Gasteiger partial charge in [-0.2, -0.15) is 5.10 Å². The highest BCUT2D eigenvalue weighted by molar-refractivity contribution is 5.93. The number of pyridine rings is 1. The third-order valence-electron chi connectivity index (χ3n) is 4.16. The molecule has 4 heterocycles. The molecule has 24 heavy (non-hydrogen) atoms. The van der Waals surface area contributed by atoms with E-state index in [1.165, 1.54) is 0 Å².